The molecule has 4 rings (SSSR count). The second kappa shape index (κ2) is 8.93. The summed E-state index contributed by atoms with van der Waals surface area (Å²) in [5.41, 5.74) is 4.44. The fraction of sp³-hybridized carbons (Fsp3) is 0.200. The van der Waals surface area contributed by atoms with Gasteiger partial charge in [-0.1, -0.05) is 66.7 Å². The molecule has 5 nitrogen and oxygen atoms in total. The number of carbonyl (C=O) groups is 1. The van der Waals surface area contributed by atoms with Crippen LogP contribution in [0.2, 0.25) is 0 Å². The molecule has 30 heavy (non-hydrogen) atoms. The summed E-state index contributed by atoms with van der Waals surface area (Å²) in [6, 6.07) is 26.3. The first kappa shape index (κ1) is 19.9. The third-order valence-corrected chi connectivity index (χ3v) is 5.32. The summed E-state index contributed by atoms with van der Waals surface area (Å²) in [4.78, 5) is 19.7. The minimum atomic E-state index is -0.0771. The Morgan fingerprint density at radius 1 is 1.00 bits per heavy atom. The number of fused-ring (bicyclic) bond motifs is 1. The van der Waals surface area contributed by atoms with Crippen molar-refractivity contribution in [2.75, 3.05) is 7.05 Å². The van der Waals surface area contributed by atoms with E-state index in [2.05, 4.69) is 29.4 Å². The van der Waals surface area contributed by atoms with Gasteiger partial charge < -0.3 is 14.6 Å². The third-order valence-electron chi connectivity index (χ3n) is 5.32. The van der Waals surface area contributed by atoms with Crippen LogP contribution in [0, 0.1) is 0 Å². The van der Waals surface area contributed by atoms with Crippen molar-refractivity contribution in [3.8, 4) is 0 Å². The number of nitrogens with zero attached hydrogens (tertiary/aromatic N) is 3. The number of amides is 1. The normalized spacial score (nSPS) is 12.1. The average Bonchev–Trinajstić information content (AvgIpc) is 3.16. The van der Waals surface area contributed by atoms with Crippen molar-refractivity contribution in [1.82, 2.24) is 19.6 Å². The van der Waals surface area contributed by atoms with E-state index in [1.165, 1.54) is 5.56 Å². The Morgan fingerprint density at radius 3 is 2.40 bits per heavy atom. The molecule has 0 radical (unpaired) electrons. The molecule has 5 heteroatoms. The molecule has 0 unspecified atom stereocenters. The van der Waals surface area contributed by atoms with Crippen LogP contribution in [0.3, 0.4) is 0 Å². The van der Waals surface area contributed by atoms with E-state index >= 15 is 0 Å². The van der Waals surface area contributed by atoms with Crippen LogP contribution in [0.4, 0.5) is 0 Å². The van der Waals surface area contributed by atoms with Gasteiger partial charge in [0.05, 0.1) is 5.69 Å². The average molecular weight is 399 g/mol. The van der Waals surface area contributed by atoms with E-state index in [1.54, 1.807) is 4.90 Å². The lowest BCUT2D eigenvalue weighted by atomic mass is 10.1. The molecule has 1 atom stereocenters. The summed E-state index contributed by atoms with van der Waals surface area (Å²) in [6.45, 7) is 3.21. The van der Waals surface area contributed by atoms with Crippen LogP contribution >= 0.6 is 0 Å². The molecule has 0 aliphatic carbocycles. The van der Waals surface area contributed by atoms with Gasteiger partial charge in [-0.3, -0.25) is 4.79 Å². The summed E-state index contributed by atoms with van der Waals surface area (Å²) in [7, 11) is 1.82. The molecule has 2 aromatic carbocycles. The molecule has 0 fully saturated rings. The van der Waals surface area contributed by atoms with Gasteiger partial charge in [0.25, 0.3) is 5.91 Å². The Hall–Kier alpha value is -3.44. The van der Waals surface area contributed by atoms with Crippen molar-refractivity contribution in [2.45, 2.75) is 26.1 Å². The zero-order valence-electron chi connectivity index (χ0n) is 17.3. The molecule has 0 saturated heterocycles. The van der Waals surface area contributed by atoms with Gasteiger partial charge in [0.1, 0.15) is 5.65 Å². The monoisotopic (exact) mass is 398 g/mol. The maximum absolute atomic E-state index is 13.3. The topological polar surface area (TPSA) is 49.6 Å². The first-order valence-electron chi connectivity index (χ1n) is 10.2. The van der Waals surface area contributed by atoms with Crippen LogP contribution in [0.5, 0.6) is 0 Å². The highest BCUT2D eigenvalue weighted by Crippen LogP contribution is 2.18. The minimum Gasteiger partial charge on any atom is -0.336 e. The first-order valence-corrected chi connectivity index (χ1v) is 10.2. The van der Waals surface area contributed by atoms with Gasteiger partial charge in [-0.2, -0.15) is 0 Å². The molecule has 1 N–H and O–H groups in total. The third kappa shape index (κ3) is 4.26. The molecule has 0 bridgehead atoms. The van der Waals surface area contributed by atoms with Crippen LogP contribution in [-0.4, -0.2) is 27.2 Å². The fourth-order valence-corrected chi connectivity index (χ4v) is 3.61. The van der Waals surface area contributed by atoms with E-state index in [0.29, 0.717) is 18.8 Å². The first-order chi connectivity index (χ1) is 14.6. The van der Waals surface area contributed by atoms with Crippen molar-refractivity contribution in [3.63, 3.8) is 0 Å². The molecule has 1 amide bonds. The van der Waals surface area contributed by atoms with Crippen molar-refractivity contribution < 1.29 is 4.79 Å². The number of pyridine rings is 1. The lowest BCUT2D eigenvalue weighted by Crippen LogP contribution is -2.28. The van der Waals surface area contributed by atoms with Crippen LogP contribution < -0.4 is 5.32 Å². The summed E-state index contributed by atoms with van der Waals surface area (Å²) >= 11 is 0. The van der Waals surface area contributed by atoms with Gasteiger partial charge >= 0.3 is 0 Å². The van der Waals surface area contributed by atoms with Crippen molar-refractivity contribution >= 4 is 11.6 Å². The van der Waals surface area contributed by atoms with Crippen LogP contribution in [0.1, 0.15) is 40.3 Å². The summed E-state index contributed by atoms with van der Waals surface area (Å²) < 4.78 is 1.99. The Morgan fingerprint density at radius 2 is 1.67 bits per heavy atom. The summed E-state index contributed by atoms with van der Waals surface area (Å²) in [6.07, 6.45) is 1.96. The SMILES string of the molecule is C[C@H](NCc1c(C(=O)N(C)Cc2ccccc2)nc2ccccn12)c1ccccc1. The smallest absolute Gasteiger partial charge is 0.274 e. The molecular weight excluding hydrogens is 372 g/mol. The molecule has 0 spiro atoms. The quantitative estimate of drug-likeness (QED) is 0.500. The molecule has 0 aliphatic rings. The fourth-order valence-electron chi connectivity index (χ4n) is 3.61. The lowest BCUT2D eigenvalue weighted by molar-refractivity contribution is 0.0778. The number of benzene rings is 2. The highest BCUT2D eigenvalue weighted by molar-refractivity contribution is 5.94. The largest absolute Gasteiger partial charge is 0.336 e. The van der Waals surface area contributed by atoms with E-state index < -0.39 is 0 Å². The van der Waals surface area contributed by atoms with Crippen LogP contribution in [0.25, 0.3) is 5.65 Å². The number of hydrogen-bond donors (Lipinski definition) is 1. The maximum atomic E-state index is 13.3. The van der Waals surface area contributed by atoms with E-state index in [-0.39, 0.29) is 11.9 Å². The predicted molar refractivity (Wildman–Crippen MR) is 119 cm³/mol. The zero-order chi connectivity index (χ0) is 20.9. The second-order valence-electron chi connectivity index (χ2n) is 7.50. The molecule has 4 aromatic rings. The number of aromatic nitrogens is 2. The van der Waals surface area contributed by atoms with Crippen molar-refractivity contribution in [1.29, 1.82) is 0 Å². The highest BCUT2D eigenvalue weighted by atomic mass is 16.2. The van der Waals surface area contributed by atoms with Gasteiger partial charge in [0.15, 0.2) is 5.69 Å². The van der Waals surface area contributed by atoms with Gasteiger partial charge in [0, 0.05) is 32.4 Å². The Labute approximate surface area is 177 Å². The summed E-state index contributed by atoms with van der Waals surface area (Å²) in [5, 5.41) is 3.55. The Bertz CT molecular complexity index is 1120. The Kier molecular flexibility index (Phi) is 5.91. The van der Waals surface area contributed by atoms with Gasteiger partial charge in [-0.15, -0.1) is 0 Å². The minimum absolute atomic E-state index is 0.0771. The lowest BCUT2D eigenvalue weighted by Gasteiger charge is -2.18. The summed E-state index contributed by atoms with van der Waals surface area (Å²) in [5.74, 6) is -0.0771. The number of imidazole rings is 1. The number of rotatable bonds is 7. The Balaban J connectivity index is 1.59. The van der Waals surface area contributed by atoms with Gasteiger partial charge in [-0.25, -0.2) is 4.98 Å². The highest BCUT2D eigenvalue weighted by Gasteiger charge is 2.22. The molecular formula is C25H26N4O. The zero-order valence-corrected chi connectivity index (χ0v) is 17.3. The van der Waals surface area contributed by atoms with E-state index in [4.69, 9.17) is 0 Å². The molecule has 0 aliphatic heterocycles. The van der Waals surface area contributed by atoms with Crippen molar-refractivity contribution in [2.24, 2.45) is 0 Å². The molecule has 0 saturated carbocycles. The molecule has 2 aromatic heterocycles. The second-order valence-corrected chi connectivity index (χ2v) is 7.50. The van der Waals surface area contributed by atoms with E-state index in [0.717, 1.165) is 16.9 Å². The van der Waals surface area contributed by atoms with Crippen LogP contribution in [-0.2, 0) is 13.1 Å². The maximum Gasteiger partial charge on any atom is 0.274 e. The van der Waals surface area contributed by atoms with E-state index in [1.807, 2.05) is 84.4 Å². The molecule has 2 heterocycles. The van der Waals surface area contributed by atoms with E-state index in [9.17, 15) is 4.79 Å². The van der Waals surface area contributed by atoms with Crippen molar-refractivity contribution in [3.05, 3.63) is 108 Å². The standard InChI is InChI=1S/C25H26N4O/c1-19(21-13-7-4-8-14-21)26-17-22-24(27-23-15-9-10-16-29(22)23)25(30)28(2)18-20-11-5-3-6-12-20/h3-16,19,26H,17-18H2,1-2H3/t19-/m0/s1. The number of nitrogens with one attached hydrogen (secondary N) is 1. The van der Waals surface area contributed by atoms with Crippen LogP contribution in [0.15, 0.2) is 85.1 Å². The molecule has 152 valence electrons. The van der Waals surface area contributed by atoms with Gasteiger partial charge in [0.2, 0.25) is 0 Å². The number of hydrogen-bond acceptors (Lipinski definition) is 3. The predicted octanol–water partition coefficient (Wildman–Crippen LogP) is 4.46. The number of carbonyl (C=O) groups excluding carboxylic acids is 1. The van der Waals surface area contributed by atoms with Gasteiger partial charge in [-0.05, 0) is 30.2 Å².